The molecule has 0 spiro atoms. The van der Waals surface area contributed by atoms with E-state index in [1.54, 1.807) is 6.08 Å². The molecule has 4 saturated carbocycles. The van der Waals surface area contributed by atoms with Crippen molar-refractivity contribution in [1.82, 2.24) is 0 Å². The first kappa shape index (κ1) is 25.7. The highest BCUT2D eigenvalue weighted by atomic mass is 16.5. The molecular formula is C31H54O2. The lowest BCUT2D eigenvalue weighted by Crippen LogP contribution is -2.54. The number of aliphatic hydroxyl groups excluding tert-OH is 1. The first-order valence-corrected chi connectivity index (χ1v) is 14.7. The van der Waals surface area contributed by atoms with Crippen LogP contribution in [0.15, 0.2) is 12.2 Å². The molecule has 1 N–H and O–H groups in total. The maximum Gasteiger partial charge on any atom is 0.0652 e. The van der Waals surface area contributed by atoms with Gasteiger partial charge in [-0.05, 0) is 110 Å². The van der Waals surface area contributed by atoms with Gasteiger partial charge in [0, 0.05) is 0 Å². The number of fused-ring (bicyclic) bond motifs is 5. The van der Waals surface area contributed by atoms with Crippen molar-refractivity contribution in [3.8, 4) is 0 Å². The van der Waals surface area contributed by atoms with E-state index >= 15 is 0 Å². The molecule has 33 heavy (non-hydrogen) atoms. The van der Waals surface area contributed by atoms with Gasteiger partial charge in [-0.3, -0.25) is 0 Å². The second-order valence-corrected chi connectivity index (χ2v) is 13.6. The zero-order chi connectivity index (χ0) is 23.6. The summed E-state index contributed by atoms with van der Waals surface area (Å²) < 4.78 is 6.19. The summed E-state index contributed by atoms with van der Waals surface area (Å²) in [5.74, 6) is 6.53. The van der Waals surface area contributed by atoms with E-state index in [9.17, 15) is 0 Å². The number of rotatable bonds is 9. The van der Waals surface area contributed by atoms with E-state index in [0.717, 1.165) is 41.4 Å². The van der Waals surface area contributed by atoms with Crippen molar-refractivity contribution in [3.63, 3.8) is 0 Å². The van der Waals surface area contributed by atoms with Crippen LogP contribution in [-0.4, -0.2) is 24.4 Å². The van der Waals surface area contributed by atoms with Crippen molar-refractivity contribution in [3.05, 3.63) is 12.2 Å². The summed E-state index contributed by atoms with van der Waals surface area (Å²) in [6.45, 7) is 13.5. The van der Waals surface area contributed by atoms with Crippen molar-refractivity contribution < 1.29 is 9.84 Å². The fourth-order valence-electron chi connectivity index (χ4n) is 9.73. The summed E-state index contributed by atoms with van der Waals surface area (Å²) in [4.78, 5) is 0. The van der Waals surface area contributed by atoms with E-state index in [1.807, 2.05) is 6.08 Å². The Hall–Kier alpha value is -0.340. The fourth-order valence-corrected chi connectivity index (χ4v) is 9.73. The van der Waals surface area contributed by atoms with Gasteiger partial charge >= 0.3 is 0 Å². The molecule has 0 aromatic rings. The lowest BCUT2D eigenvalue weighted by molar-refractivity contribution is -0.135. The van der Waals surface area contributed by atoms with Gasteiger partial charge in [-0.15, -0.1) is 0 Å². The van der Waals surface area contributed by atoms with Crippen LogP contribution in [0, 0.1) is 52.3 Å². The van der Waals surface area contributed by atoms with Crippen LogP contribution in [0.3, 0.4) is 0 Å². The number of aliphatic hydroxyl groups is 1. The van der Waals surface area contributed by atoms with Gasteiger partial charge < -0.3 is 9.84 Å². The predicted octanol–water partition coefficient (Wildman–Crippen LogP) is 8.04. The molecule has 0 saturated heterocycles. The highest BCUT2D eigenvalue weighted by Crippen LogP contribution is 2.68. The molecule has 4 fully saturated rings. The first-order valence-electron chi connectivity index (χ1n) is 14.7. The molecule has 0 aromatic carbocycles. The number of ether oxygens (including phenoxy) is 1. The van der Waals surface area contributed by atoms with Gasteiger partial charge in [-0.2, -0.15) is 0 Å². The third kappa shape index (κ3) is 5.13. The third-order valence-electron chi connectivity index (χ3n) is 11.5. The van der Waals surface area contributed by atoms with E-state index in [-0.39, 0.29) is 6.61 Å². The number of hydrogen-bond donors (Lipinski definition) is 1. The average molecular weight is 459 g/mol. The molecule has 2 nitrogen and oxygen atoms in total. The van der Waals surface area contributed by atoms with E-state index < -0.39 is 0 Å². The summed E-state index contributed by atoms with van der Waals surface area (Å²) in [6.07, 6.45) is 21.3. The molecule has 9 unspecified atom stereocenters. The molecule has 4 aliphatic rings. The van der Waals surface area contributed by atoms with Crippen molar-refractivity contribution >= 4 is 0 Å². The lowest BCUT2D eigenvalue weighted by atomic mass is 9.44. The van der Waals surface area contributed by atoms with Crippen LogP contribution in [0.4, 0.5) is 0 Å². The maximum absolute atomic E-state index is 8.95. The second kappa shape index (κ2) is 10.7. The zero-order valence-electron chi connectivity index (χ0n) is 22.5. The molecule has 0 aromatic heterocycles. The van der Waals surface area contributed by atoms with Gasteiger partial charge in [0.15, 0.2) is 0 Å². The van der Waals surface area contributed by atoms with Crippen molar-refractivity contribution in [2.75, 3.05) is 13.2 Å². The van der Waals surface area contributed by atoms with Gasteiger partial charge in [0.2, 0.25) is 0 Å². The van der Waals surface area contributed by atoms with E-state index in [4.69, 9.17) is 9.84 Å². The average Bonchev–Trinajstić information content (AvgIpc) is 3.14. The second-order valence-electron chi connectivity index (χ2n) is 13.6. The minimum Gasteiger partial charge on any atom is -0.392 e. The van der Waals surface area contributed by atoms with Crippen molar-refractivity contribution in [2.45, 2.75) is 118 Å². The van der Waals surface area contributed by atoms with Gasteiger partial charge in [0.25, 0.3) is 0 Å². The molecular weight excluding hydrogens is 404 g/mol. The monoisotopic (exact) mass is 458 g/mol. The van der Waals surface area contributed by atoms with E-state index in [1.165, 1.54) is 77.0 Å². The smallest absolute Gasteiger partial charge is 0.0652 e. The van der Waals surface area contributed by atoms with Crippen molar-refractivity contribution in [1.29, 1.82) is 0 Å². The summed E-state index contributed by atoms with van der Waals surface area (Å²) in [5.41, 5.74) is 1.16. The summed E-state index contributed by atoms with van der Waals surface area (Å²) >= 11 is 0. The van der Waals surface area contributed by atoms with Crippen LogP contribution in [0.25, 0.3) is 0 Å². The Morgan fingerprint density at radius 3 is 2.39 bits per heavy atom. The van der Waals surface area contributed by atoms with E-state index in [0.29, 0.717) is 23.5 Å². The summed E-state index contributed by atoms with van der Waals surface area (Å²) in [5, 5.41) is 8.95. The number of hydrogen-bond acceptors (Lipinski definition) is 2. The summed E-state index contributed by atoms with van der Waals surface area (Å²) in [7, 11) is 0. The lowest BCUT2D eigenvalue weighted by Gasteiger charge is -2.61. The Labute approximate surface area is 205 Å². The Morgan fingerprint density at radius 2 is 1.64 bits per heavy atom. The van der Waals surface area contributed by atoms with Crippen LogP contribution < -0.4 is 0 Å². The molecule has 0 aliphatic heterocycles. The predicted molar refractivity (Wildman–Crippen MR) is 139 cm³/mol. The molecule has 0 amide bonds. The minimum absolute atomic E-state index is 0.120. The molecule has 2 heteroatoms. The molecule has 0 bridgehead atoms. The fraction of sp³-hybridized carbons (Fsp3) is 0.935. The standard InChI is InChI=1S/C31H54O2/c1-22(2)9-8-10-23(3)27-13-14-28-26-12-11-24-21-25(33-20-7-6-19-32)15-17-30(24,4)29(26)16-18-31(27,28)5/h6-7,22-29,32H,8-21H2,1-5H3/b7-6+. The van der Waals surface area contributed by atoms with Gasteiger partial charge in [-0.1, -0.05) is 66.0 Å². The highest BCUT2D eigenvalue weighted by molar-refractivity contribution is 5.09. The van der Waals surface area contributed by atoms with Gasteiger partial charge in [0.05, 0.1) is 19.3 Å². The molecule has 9 atom stereocenters. The van der Waals surface area contributed by atoms with Crippen LogP contribution in [0.2, 0.25) is 0 Å². The third-order valence-corrected chi connectivity index (χ3v) is 11.5. The minimum atomic E-state index is 0.120. The molecule has 4 rings (SSSR count). The topological polar surface area (TPSA) is 29.5 Å². The molecule has 0 radical (unpaired) electrons. The quantitative estimate of drug-likeness (QED) is 0.354. The summed E-state index contributed by atoms with van der Waals surface area (Å²) in [6, 6.07) is 0. The van der Waals surface area contributed by atoms with E-state index in [2.05, 4.69) is 34.6 Å². The normalized spacial score (nSPS) is 44.0. The van der Waals surface area contributed by atoms with Gasteiger partial charge in [-0.25, -0.2) is 0 Å². The van der Waals surface area contributed by atoms with Crippen LogP contribution in [0.5, 0.6) is 0 Å². The van der Waals surface area contributed by atoms with Crippen LogP contribution in [0.1, 0.15) is 112 Å². The Kier molecular flexibility index (Phi) is 8.37. The van der Waals surface area contributed by atoms with Crippen LogP contribution in [-0.2, 0) is 4.74 Å². The zero-order valence-corrected chi connectivity index (χ0v) is 22.5. The first-order chi connectivity index (χ1) is 15.8. The Morgan fingerprint density at radius 1 is 0.879 bits per heavy atom. The Balaban J connectivity index is 1.38. The largest absolute Gasteiger partial charge is 0.392 e. The SMILES string of the molecule is CC(C)CCCC(C)C1CCC2C3CCC4CC(OC/C=C/CO)CCC4(C)C3CCC12C. The molecule has 190 valence electrons. The van der Waals surface area contributed by atoms with Crippen LogP contribution >= 0.6 is 0 Å². The Bertz CT molecular complexity index is 655. The molecule has 0 heterocycles. The maximum atomic E-state index is 8.95. The highest BCUT2D eigenvalue weighted by Gasteiger charge is 2.60. The van der Waals surface area contributed by atoms with Gasteiger partial charge in [0.1, 0.15) is 0 Å². The van der Waals surface area contributed by atoms with Crippen molar-refractivity contribution in [2.24, 2.45) is 52.3 Å². The molecule has 4 aliphatic carbocycles.